The van der Waals surface area contributed by atoms with Gasteiger partial charge in [0, 0.05) is 0 Å². The zero-order valence-electron chi connectivity index (χ0n) is 14.8. The van der Waals surface area contributed by atoms with Gasteiger partial charge in [0.05, 0.1) is 6.04 Å². The number of rotatable bonds is 7. The Balaban J connectivity index is 2.08. The van der Waals surface area contributed by atoms with E-state index in [1.54, 1.807) is 0 Å². The number of nitrogens with zero attached hydrogens (tertiary/aromatic N) is 1. The fraction of sp³-hybridized carbons (Fsp3) is 0.579. The first-order chi connectivity index (χ1) is 11.5. The molecule has 132 valence electrons. The van der Waals surface area contributed by atoms with Crippen molar-refractivity contribution in [3.05, 3.63) is 35.9 Å². The summed E-state index contributed by atoms with van der Waals surface area (Å²) in [5, 5.41) is 3.28. The van der Waals surface area contributed by atoms with E-state index in [4.69, 9.17) is 4.74 Å². The van der Waals surface area contributed by atoms with Crippen molar-refractivity contribution in [2.24, 2.45) is 11.8 Å². The number of ether oxygens (including phenoxy) is 1. The molecule has 0 bridgehead atoms. The van der Waals surface area contributed by atoms with Gasteiger partial charge in [-0.05, 0) is 58.4 Å². The van der Waals surface area contributed by atoms with Crippen LogP contribution >= 0.6 is 0 Å². The van der Waals surface area contributed by atoms with Crippen molar-refractivity contribution in [3.63, 3.8) is 0 Å². The molecule has 1 N–H and O–H groups in total. The van der Waals surface area contributed by atoms with Gasteiger partial charge in [-0.15, -0.1) is 0 Å². The molecule has 5 heteroatoms. The van der Waals surface area contributed by atoms with E-state index in [9.17, 15) is 9.59 Å². The van der Waals surface area contributed by atoms with Crippen molar-refractivity contribution in [1.29, 1.82) is 0 Å². The van der Waals surface area contributed by atoms with Gasteiger partial charge >= 0.3 is 5.97 Å². The summed E-state index contributed by atoms with van der Waals surface area (Å²) in [5.41, 5.74) is 0.933. The van der Waals surface area contributed by atoms with E-state index in [0.29, 0.717) is 0 Å². The summed E-state index contributed by atoms with van der Waals surface area (Å²) < 4.78 is 5.50. The van der Waals surface area contributed by atoms with Crippen molar-refractivity contribution >= 4 is 11.8 Å². The maximum atomic E-state index is 12.9. The molecular weight excluding hydrogens is 304 g/mol. The molecule has 24 heavy (non-hydrogen) atoms. The molecule has 0 spiro atoms. The molecule has 1 saturated heterocycles. The minimum Gasteiger partial charge on any atom is -0.460 e. The molecule has 0 radical (unpaired) electrons. The minimum atomic E-state index is -0.673. The van der Waals surface area contributed by atoms with Crippen LogP contribution in [0.1, 0.15) is 25.3 Å². The quantitative estimate of drug-likeness (QED) is 0.610. The maximum Gasteiger partial charge on any atom is 0.317 e. The molecule has 0 aliphatic carbocycles. The van der Waals surface area contributed by atoms with Crippen LogP contribution in [0.15, 0.2) is 30.3 Å². The Kier molecular flexibility index (Phi) is 6.94. The largest absolute Gasteiger partial charge is 0.460 e. The zero-order valence-corrected chi connectivity index (χ0v) is 14.8. The number of carbonyl (C=O) groups is 2. The first kappa shape index (κ1) is 18.6. The number of ketones is 1. The molecule has 1 heterocycles. The SMILES string of the molecule is C[C@@H](C(=O)C(C(=O)OCc1ccccc1)C1CCNCC1)N(C)C. The number of piperidine rings is 1. The van der Waals surface area contributed by atoms with E-state index in [1.165, 1.54) is 0 Å². The monoisotopic (exact) mass is 332 g/mol. The summed E-state index contributed by atoms with van der Waals surface area (Å²) in [6.07, 6.45) is 1.66. The number of Topliss-reactive ketones (excluding diaryl/α,β-unsaturated/α-hetero) is 1. The van der Waals surface area contributed by atoms with E-state index in [0.717, 1.165) is 31.5 Å². The van der Waals surface area contributed by atoms with Gasteiger partial charge in [-0.25, -0.2) is 0 Å². The summed E-state index contributed by atoms with van der Waals surface area (Å²) >= 11 is 0. The van der Waals surface area contributed by atoms with Crippen LogP contribution in [0.4, 0.5) is 0 Å². The van der Waals surface area contributed by atoms with Gasteiger partial charge in [0.1, 0.15) is 12.5 Å². The summed E-state index contributed by atoms with van der Waals surface area (Å²) in [6.45, 7) is 3.75. The van der Waals surface area contributed by atoms with Crippen LogP contribution in [0.3, 0.4) is 0 Å². The van der Waals surface area contributed by atoms with Gasteiger partial charge in [-0.1, -0.05) is 30.3 Å². The van der Waals surface area contributed by atoms with E-state index < -0.39 is 5.92 Å². The van der Waals surface area contributed by atoms with Crippen LogP contribution in [0.2, 0.25) is 0 Å². The fourth-order valence-corrected chi connectivity index (χ4v) is 3.05. The lowest BCUT2D eigenvalue weighted by Crippen LogP contribution is -2.46. The van der Waals surface area contributed by atoms with Crippen LogP contribution in [-0.4, -0.2) is 49.9 Å². The average Bonchev–Trinajstić information content (AvgIpc) is 2.61. The highest BCUT2D eigenvalue weighted by Gasteiger charge is 2.39. The predicted octanol–water partition coefficient (Wildman–Crippen LogP) is 1.86. The lowest BCUT2D eigenvalue weighted by molar-refractivity contribution is -0.157. The molecule has 1 aliphatic rings. The molecule has 0 aromatic heterocycles. The second-order valence-corrected chi connectivity index (χ2v) is 6.70. The summed E-state index contributed by atoms with van der Waals surface area (Å²) in [6, 6.07) is 9.27. The molecule has 1 fully saturated rings. The highest BCUT2D eigenvalue weighted by Crippen LogP contribution is 2.26. The summed E-state index contributed by atoms with van der Waals surface area (Å²) in [7, 11) is 3.72. The van der Waals surface area contributed by atoms with Gasteiger partial charge in [0.15, 0.2) is 5.78 Å². The van der Waals surface area contributed by atoms with E-state index in [-0.39, 0.29) is 30.3 Å². The Bertz CT molecular complexity index is 539. The Morgan fingerprint density at radius 3 is 2.42 bits per heavy atom. The molecule has 1 aliphatic heterocycles. The number of benzene rings is 1. The molecular formula is C19H28N2O3. The smallest absolute Gasteiger partial charge is 0.317 e. The highest BCUT2D eigenvalue weighted by molar-refractivity contribution is 6.01. The number of hydrogen-bond acceptors (Lipinski definition) is 5. The van der Waals surface area contributed by atoms with Gasteiger partial charge in [-0.2, -0.15) is 0 Å². The number of likely N-dealkylation sites (N-methyl/N-ethyl adjacent to an activating group) is 1. The lowest BCUT2D eigenvalue weighted by Gasteiger charge is -2.31. The maximum absolute atomic E-state index is 12.9. The highest BCUT2D eigenvalue weighted by atomic mass is 16.5. The van der Waals surface area contributed by atoms with Crippen LogP contribution in [0.25, 0.3) is 0 Å². The third-order valence-electron chi connectivity index (χ3n) is 4.83. The van der Waals surface area contributed by atoms with Crippen molar-refractivity contribution in [1.82, 2.24) is 10.2 Å². The molecule has 1 aromatic rings. The van der Waals surface area contributed by atoms with Crippen LogP contribution in [0, 0.1) is 11.8 Å². The van der Waals surface area contributed by atoms with Gasteiger partial charge in [-0.3, -0.25) is 14.5 Å². The minimum absolute atomic E-state index is 0.0371. The number of hydrogen-bond donors (Lipinski definition) is 1. The van der Waals surface area contributed by atoms with Crippen molar-refractivity contribution < 1.29 is 14.3 Å². The Morgan fingerprint density at radius 2 is 1.83 bits per heavy atom. The Hall–Kier alpha value is -1.72. The van der Waals surface area contributed by atoms with Crippen LogP contribution < -0.4 is 5.32 Å². The zero-order chi connectivity index (χ0) is 17.5. The van der Waals surface area contributed by atoms with E-state index in [2.05, 4.69) is 5.32 Å². The van der Waals surface area contributed by atoms with Gasteiger partial charge in [0.25, 0.3) is 0 Å². The fourth-order valence-electron chi connectivity index (χ4n) is 3.05. The first-order valence-corrected chi connectivity index (χ1v) is 8.62. The Morgan fingerprint density at radius 1 is 1.21 bits per heavy atom. The second-order valence-electron chi connectivity index (χ2n) is 6.70. The van der Waals surface area contributed by atoms with E-state index >= 15 is 0 Å². The van der Waals surface area contributed by atoms with E-state index in [1.807, 2.05) is 56.3 Å². The third-order valence-corrected chi connectivity index (χ3v) is 4.83. The van der Waals surface area contributed by atoms with Crippen molar-refractivity contribution in [2.45, 2.75) is 32.4 Å². The molecule has 5 nitrogen and oxygen atoms in total. The molecule has 2 atom stereocenters. The number of carbonyl (C=O) groups excluding carboxylic acids is 2. The number of esters is 1. The molecule has 1 unspecified atom stereocenters. The topological polar surface area (TPSA) is 58.6 Å². The molecule has 2 rings (SSSR count). The second kappa shape index (κ2) is 8.94. The normalized spacial score (nSPS) is 18.2. The number of nitrogens with one attached hydrogen (secondary N) is 1. The van der Waals surface area contributed by atoms with Gasteiger partial charge in [0.2, 0.25) is 0 Å². The molecule has 0 amide bonds. The standard InChI is InChI=1S/C19H28N2O3/c1-14(21(2)3)18(22)17(16-9-11-20-12-10-16)19(23)24-13-15-7-5-4-6-8-15/h4-8,14,16-17,20H,9-13H2,1-3H3/t14-,17?/m0/s1. The molecule has 0 saturated carbocycles. The van der Waals surface area contributed by atoms with Gasteiger partial charge < -0.3 is 10.1 Å². The first-order valence-electron chi connectivity index (χ1n) is 8.62. The Labute approximate surface area is 144 Å². The van der Waals surface area contributed by atoms with Crippen molar-refractivity contribution in [2.75, 3.05) is 27.2 Å². The third kappa shape index (κ3) is 4.89. The van der Waals surface area contributed by atoms with Crippen LogP contribution in [0.5, 0.6) is 0 Å². The summed E-state index contributed by atoms with van der Waals surface area (Å²) in [4.78, 5) is 27.4. The predicted molar refractivity (Wildman–Crippen MR) is 93.5 cm³/mol. The average molecular weight is 332 g/mol. The lowest BCUT2D eigenvalue weighted by atomic mass is 9.80. The molecule has 1 aromatic carbocycles. The van der Waals surface area contributed by atoms with Crippen LogP contribution in [-0.2, 0) is 20.9 Å². The van der Waals surface area contributed by atoms with Crippen molar-refractivity contribution in [3.8, 4) is 0 Å². The summed E-state index contributed by atoms with van der Waals surface area (Å²) in [5.74, 6) is -1.04.